The number of carbonyl (C=O) groups is 1. The van der Waals surface area contributed by atoms with Gasteiger partial charge in [-0.25, -0.2) is 0 Å². The molecule has 0 radical (unpaired) electrons. The molecule has 0 N–H and O–H groups in total. The second-order valence-corrected chi connectivity index (χ2v) is 4.89. The maximum Gasteiger partial charge on any atom is 0.163 e. The van der Waals surface area contributed by atoms with Crippen molar-refractivity contribution in [1.29, 1.82) is 0 Å². The molecule has 18 heavy (non-hydrogen) atoms. The number of hydrogen-bond donors (Lipinski definition) is 0. The number of benzene rings is 1. The predicted octanol–water partition coefficient (Wildman–Crippen LogP) is 1.87. The van der Waals surface area contributed by atoms with E-state index < -0.39 is 0 Å². The zero-order valence-electron chi connectivity index (χ0n) is 10.5. The average Bonchev–Trinajstić information content (AvgIpc) is 2.41. The molecule has 2 aliphatic heterocycles. The molecule has 1 fully saturated rings. The van der Waals surface area contributed by atoms with Gasteiger partial charge in [0.2, 0.25) is 0 Å². The smallest absolute Gasteiger partial charge is 0.163 e. The topological polar surface area (TPSA) is 38.8 Å². The number of carbonyl (C=O) groups excluding carboxylic acids is 1. The summed E-state index contributed by atoms with van der Waals surface area (Å²) in [6, 6.07) is 6.00. The van der Waals surface area contributed by atoms with Crippen molar-refractivity contribution in [3.05, 3.63) is 18.2 Å². The number of Topliss-reactive ketones (excluding diaryl/α,β-unsaturated/α-hetero) is 1. The standard InChI is InChI=1S/C14H17NO3/c1-10-9-15(5-4-12(10)16)11-2-3-13-14(8-11)18-7-6-17-13/h2-3,8,10H,4-7,9H2,1H3. The van der Waals surface area contributed by atoms with Gasteiger partial charge in [-0.2, -0.15) is 0 Å². The van der Waals surface area contributed by atoms with E-state index in [0.717, 1.165) is 30.3 Å². The maximum absolute atomic E-state index is 11.5. The van der Waals surface area contributed by atoms with Crippen LogP contribution in [0.2, 0.25) is 0 Å². The van der Waals surface area contributed by atoms with Crippen molar-refractivity contribution in [3.8, 4) is 11.5 Å². The van der Waals surface area contributed by atoms with E-state index >= 15 is 0 Å². The highest BCUT2D eigenvalue weighted by molar-refractivity contribution is 5.83. The number of anilines is 1. The first-order valence-electron chi connectivity index (χ1n) is 6.41. The number of piperidine rings is 1. The van der Waals surface area contributed by atoms with Gasteiger partial charge in [0.25, 0.3) is 0 Å². The first-order valence-corrected chi connectivity index (χ1v) is 6.41. The van der Waals surface area contributed by atoms with Gasteiger partial charge in [0, 0.05) is 37.2 Å². The van der Waals surface area contributed by atoms with Gasteiger partial charge in [-0.3, -0.25) is 4.79 Å². The molecule has 0 bridgehead atoms. The number of rotatable bonds is 1. The van der Waals surface area contributed by atoms with Gasteiger partial charge in [0.15, 0.2) is 11.5 Å². The third-order valence-corrected chi connectivity index (χ3v) is 3.56. The summed E-state index contributed by atoms with van der Waals surface area (Å²) >= 11 is 0. The summed E-state index contributed by atoms with van der Waals surface area (Å²) in [5.74, 6) is 2.10. The minimum absolute atomic E-state index is 0.118. The second-order valence-electron chi connectivity index (χ2n) is 4.89. The molecule has 0 spiro atoms. The molecule has 4 nitrogen and oxygen atoms in total. The molecule has 2 heterocycles. The van der Waals surface area contributed by atoms with E-state index in [2.05, 4.69) is 4.90 Å². The van der Waals surface area contributed by atoms with Crippen molar-refractivity contribution in [1.82, 2.24) is 0 Å². The van der Waals surface area contributed by atoms with Crippen molar-refractivity contribution in [2.45, 2.75) is 13.3 Å². The summed E-state index contributed by atoms with van der Waals surface area (Å²) in [7, 11) is 0. The Labute approximate surface area is 106 Å². The minimum atomic E-state index is 0.118. The van der Waals surface area contributed by atoms with E-state index in [4.69, 9.17) is 9.47 Å². The van der Waals surface area contributed by atoms with Crippen molar-refractivity contribution >= 4 is 11.5 Å². The van der Waals surface area contributed by atoms with Gasteiger partial charge >= 0.3 is 0 Å². The van der Waals surface area contributed by atoms with Gasteiger partial charge < -0.3 is 14.4 Å². The lowest BCUT2D eigenvalue weighted by atomic mass is 9.98. The quantitative estimate of drug-likeness (QED) is 0.759. The number of nitrogens with zero attached hydrogens (tertiary/aromatic N) is 1. The summed E-state index contributed by atoms with van der Waals surface area (Å²) in [5.41, 5.74) is 1.11. The summed E-state index contributed by atoms with van der Waals surface area (Å²) in [6.07, 6.45) is 0.635. The summed E-state index contributed by atoms with van der Waals surface area (Å²) < 4.78 is 11.1. The highest BCUT2D eigenvalue weighted by Crippen LogP contribution is 2.34. The molecule has 3 rings (SSSR count). The van der Waals surface area contributed by atoms with Crippen LogP contribution in [0.25, 0.3) is 0 Å². The lowest BCUT2D eigenvalue weighted by molar-refractivity contribution is -0.122. The van der Waals surface area contributed by atoms with E-state index in [1.54, 1.807) is 0 Å². The number of ether oxygens (including phenoxy) is 2. The van der Waals surface area contributed by atoms with Crippen LogP contribution in [-0.4, -0.2) is 32.1 Å². The molecule has 96 valence electrons. The van der Waals surface area contributed by atoms with Gasteiger partial charge in [-0.1, -0.05) is 6.92 Å². The highest BCUT2D eigenvalue weighted by Gasteiger charge is 2.24. The molecule has 2 aliphatic rings. The largest absolute Gasteiger partial charge is 0.486 e. The zero-order chi connectivity index (χ0) is 12.5. The van der Waals surface area contributed by atoms with E-state index in [9.17, 15) is 4.79 Å². The van der Waals surface area contributed by atoms with Crippen LogP contribution in [0, 0.1) is 5.92 Å². The summed E-state index contributed by atoms with van der Waals surface area (Å²) in [4.78, 5) is 13.8. The van der Waals surface area contributed by atoms with E-state index in [0.29, 0.717) is 25.4 Å². The minimum Gasteiger partial charge on any atom is -0.486 e. The molecule has 1 aromatic rings. The Balaban J connectivity index is 1.82. The number of hydrogen-bond acceptors (Lipinski definition) is 4. The van der Waals surface area contributed by atoms with E-state index in [-0.39, 0.29) is 5.92 Å². The van der Waals surface area contributed by atoms with Crippen LogP contribution in [0.3, 0.4) is 0 Å². The van der Waals surface area contributed by atoms with Gasteiger partial charge in [-0.15, -0.1) is 0 Å². The van der Waals surface area contributed by atoms with Crippen LogP contribution in [0.5, 0.6) is 11.5 Å². The molecule has 1 unspecified atom stereocenters. The molecule has 1 saturated heterocycles. The van der Waals surface area contributed by atoms with E-state index in [1.807, 2.05) is 25.1 Å². The van der Waals surface area contributed by atoms with Gasteiger partial charge in [0.1, 0.15) is 19.0 Å². The van der Waals surface area contributed by atoms with Crippen molar-refractivity contribution in [2.75, 3.05) is 31.2 Å². The van der Waals surface area contributed by atoms with Crippen LogP contribution in [0.1, 0.15) is 13.3 Å². The van der Waals surface area contributed by atoms with Crippen LogP contribution >= 0.6 is 0 Å². The average molecular weight is 247 g/mol. The van der Waals surface area contributed by atoms with Crippen molar-refractivity contribution < 1.29 is 14.3 Å². The fraction of sp³-hybridized carbons (Fsp3) is 0.500. The van der Waals surface area contributed by atoms with Crippen LogP contribution in [-0.2, 0) is 4.79 Å². The Morgan fingerprint density at radius 1 is 1.22 bits per heavy atom. The van der Waals surface area contributed by atoms with Gasteiger partial charge in [0.05, 0.1) is 0 Å². The molecule has 0 aromatic heterocycles. The molecule has 0 amide bonds. The van der Waals surface area contributed by atoms with Crippen LogP contribution in [0.4, 0.5) is 5.69 Å². The summed E-state index contributed by atoms with van der Waals surface area (Å²) in [6.45, 7) is 4.79. The Morgan fingerprint density at radius 2 is 2.00 bits per heavy atom. The SMILES string of the molecule is CC1CN(c2ccc3c(c2)OCCO3)CCC1=O. The van der Waals surface area contributed by atoms with Gasteiger partial charge in [-0.05, 0) is 12.1 Å². The van der Waals surface area contributed by atoms with Crippen LogP contribution in [0.15, 0.2) is 18.2 Å². The Hall–Kier alpha value is -1.71. The Morgan fingerprint density at radius 3 is 2.78 bits per heavy atom. The lowest BCUT2D eigenvalue weighted by Crippen LogP contribution is -2.39. The third-order valence-electron chi connectivity index (χ3n) is 3.56. The molecule has 1 aromatic carbocycles. The monoisotopic (exact) mass is 247 g/mol. The fourth-order valence-electron chi connectivity index (χ4n) is 2.48. The second kappa shape index (κ2) is 4.52. The zero-order valence-corrected chi connectivity index (χ0v) is 10.5. The first-order chi connectivity index (χ1) is 8.74. The van der Waals surface area contributed by atoms with Crippen molar-refractivity contribution in [3.63, 3.8) is 0 Å². The Kier molecular flexibility index (Phi) is 2.86. The molecule has 4 heteroatoms. The number of fused-ring (bicyclic) bond motifs is 1. The summed E-state index contributed by atoms with van der Waals surface area (Å²) in [5, 5.41) is 0. The third kappa shape index (κ3) is 2.03. The molecule has 1 atom stereocenters. The van der Waals surface area contributed by atoms with E-state index in [1.165, 1.54) is 0 Å². The normalized spacial score (nSPS) is 23.1. The molecular formula is C14H17NO3. The Bertz CT molecular complexity index is 472. The fourth-order valence-corrected chi connectivity index (χ4v) is 2.48. The highest BCUT2D eigenvalue weighted by atomic mass is 16.6. The number of ketones is 1. The lowest BCUT2D eigenvalue weighted by Gasteiger charge is -2.32. The molecule has 0 aliphatic carbocycles. The molecular weight excluding hydrogens is 230 g/mol. The predicted molar refractivity (Wildman–Crippen MR) is 68.4 cm³/mol. The van der Waals surface area contributed by atoms with Crippen LogP contribution < -0.4 is 14.4 Å². The van der Waals surface area contributed by atoms with Crippen molar-refractivity contribution in [2.24, 2.45) is 5.92 Å². The first kappa shape index (κ1) is 11.4. The maximum atomic E-state index is 11.5. The molecule has 0 saturated carbocycles.